The molecule has 1 aliphatic carbocycles. The summed E-state index contributed by atoms with van der Waals surface area (Å²) in [4.78, 5) is 28.0. The van der Waals surface area contributed by atoms with Crippen molar-refractivity contribution in [2.75, 3.05) is 18.1 Å². The molecule has 3 rings (SSSR count). The second kappa shape index (κ2) is 9.99. The molecule has 28 heavy (non-hydrogen) atoms. The van der Waals surface area contributed by atoms with E-state index < -0.39 is 0 Å². The van der Waals surface area contributed by atoms with E-state index in [0.29, 0.717) is 28.1 Å². The van der Waals surface area contributed by atoms with E-state index in [1.807, 2.05) is 30.1 Å². The molecule has 1 aliphatic rings. The summed E-state index contributed by atoms with van der Waals surface area (Å²) in [5.41, 5.74) is 1.20. The fourth-order valence-electron chi connectivity index (χ4n) is 3.46. The smallest absolute Gasteiger partial charge is 0.256 e. The van der Waals surface area contributed by atoms with Crippen LogP contribution in [-0.2, 0) is 4.79 Å². The van der Waals surface area contributed by atoms with E-state index in [1.165, 1.54) is 31.0 Å². The molecule has 148 valence electrons. The Morgan fingerprint density at radius 1 is 1.11 bits per heavy atom. The van der Waals surface area contributed by atoms with Crippen molar-refractivity contribution in [3.05, 3.63) is 59.1 Å². The van der Waals surface area contributed by atoms with E-state index in [-0.39, 0.29) is 11.8 Å². The molecule has 1 N–H and O–H groups in total. The van der Waals surface area contributed by atoms with Gasteiger partial charge in [0.1, 0.15) is 0 Å². The van der Waals surface area contributed by atoms with Crippen molar-refractivity contribution in [2.24, 2.45) is 0 Å². The number of hydrogen-bond acceptors (Lipinski definition) is 3. The lowest BCUT2D eigenvalue weighted by molar-refractivity contribution is -0.129. The van der Waals surface area contributed by atoms with E-state index in [9.17, 15) is 9.59 Å². The minimum atomic E-state index is -0.210. The van der Waals surface area contributed by atoms with E-state index in [2.05, 4.69) is 5.32 Å². The first-order valence-electron chi connectivity index (χ1n) is 9.59. The van der Waals surface area contributed by atoms with Crippen molar-refractivity contribution in [3.63, 3.8) is 0 Å². The Hall–Kier alpha value is -1.98. The molecule has 2 aromatic carbocycles. The highest BCUT2D eigenvalue weighted by Crippen LogP contribution is 2.26. The molecular formula is C22H25ClN2O2S. The SMILES string of the molecule is CN(C(=O)CSc1ccccc1C(=O)Nc1cccc(Cl)c1)C1CCCCC1. The Labute approximate surface area is 175 Å². The lowest BCUT2D eigenvalue weighted by Gasteiger charge is -2.31. The fourth-order valence-corrected chi connectivity index (χ4v) is 4.62. The second-order valence-electron chi connectivity index (χ2n) is 7.05. The van der Waals surface area contributed by atoms with E-state index in [0.717, 1.165) is 17.7 Å². The van der Waals surface area contributed by atoms with Gasteiger partial charge in [0.2, 0.25) is 5.91 Å². The van der Waals surface area contributed by atoms with Gasteiger partial charge in [-0.3, -0.25) is 9.59 Å². The summed E-state index contributed by atoms with van der Waals surface area (Å²) < 4.78 is 0. The van der Waals surface area contributed by atoms with Gasteiger partial charge in [-0.15, -0.1) is 11.8 Å². The first-order valence-corrected chi connectivity index (χ1v) is 11.0. The van der Waals surface area contributed by atoms with Crippen LogP contribution in [0.15, 0.2) is 53.4 Å². The van der Waals surface area contributed by atoms with Crippen LogP contribution in [0.2, 0.25) is 5.02 Å². The van der Waals surface area contributed by atoms with Crippen LogP contribution in [-0.4, -0.2) is 35.6 Å². The lowest BCUT2D eigenvalue weighted by Crippen LogP contribution is -2.39. The first-order chi connectivity index (χ1) is 13.5. The molecule has 0 atom stereocenters. The maximum Gasteiger partial charge on any atom is 0.256 e. The number of rotatable bonds is 6. The molecule has 2 aromatic rings. The normalized spacial score (nSPS) is 14.5. The minimum Gasteiger partial charge on any atom is -0.342 e. The maximum absolute atomic E-state index is 12.7. The Morgan fingerprint density at radius 2 is 1.86 bits per heavy atom. The molecule has 0 saturated heterocycles. The second-order valence-corrected chi connectivity index (χ2v) is 8.50. The number of benzene rings is 2. The Morgan fingerprint density at radius 3 is 2.61 bits per heavy atom. The number of amides is 2. The van der Waals surface area contributed by atoms with Crippen molar-refractivity contribution in [1.82, 2.24) is 4.90 Å². The van der Waals surface area contributed by atoms with Gasteiger partial charge in [0.25, 0.3) is 5.91 Å². The molecule has 0 radical (unpaired) electrons. The summed E-state index contributed by atoms with van der Waals surface area (Å²) in [7, 11) is 1.90. The molecule has 1 saturated carbocycles. The van der Waals surface area contributed by atoms with Crippen molar-refractivity contribution >= 4 is 40.9 Å². The van der Waals surface area contributed by atoms with E-state index in [1.54, 1.807) is 30.3 Å². The molecule has 4 nitrogen and oxygen atoms in total. The quantitative estimate of drug-likeness (QED) is 0.634. The summed E-state index contributed by atoms with van der Waals surface area (Å²) in [6.45, 7) is 0. The molecule has 0 spiro atoms. The zero-order chi connectivity index (χ0) is 19.9. The highest BCUT2D eigenvalue weighted by molar-refractivity contribution is 8.00. The van der Waals surface area contributed by atoms with Crippen LogP contribution in [0.25, 0.3) is 0 Å². The summed E-state index contributed by atoms with van der Waals surface area (Å²) in [6, 6.07) is 14.8. The Bertz CT molecular complexity index is 837. The monoisotopic (exact) mass is 416 g/mol. The summed E-state index contributed by atoms with van der Waals surface area (Å²) in [6.07, 6.45) is 5.84. The summed E-state index contributed by atoms with van der Waals surface area (Å²) in [5, 5.41) is 3.44. The molecule has 0 bridgehead atoms. The van der Waals surface area contributed by atoms with E-state index in [4.69, 9.17) is 11.6 Å². The van der Waals surface area contributed by atoms with E-state index >= 15 is 0 Å². The average molecular weight is 417 g/mol. The number of hydrogen-bond donors (Lipinski definition) is 1. The molecule has 2 amide bonds. The van der Waals surface area contributed by atoms with Gasteiger partial charge in [0.15, 0.2) is 0 Å². The third-order valence-electron chi connectivity index (χ3n) is 5.08. The standard InChI is InChI=1S/C22H25ClN2O2S/c1-25(18-10-3-2-4-11-18)21(26)15-28-20-13-6-5-12-19(20)22(27)24-17-9-7-8-16(23)14-17/h5-9,12-14,18H,2-4,10-11,15H2,1H3,(H,24,27). The van der Waals surface area contributed by atoms with Gasteiger partial charge >= 0.3 is 0 Å². The molecule has 0 heterocycles. The van der Waals surface area contributed by atoms with Crippen LogP contribution < -0.4 is 5.32 Å². The molecule has 0 aromatic heterocycles. The van der Waals surface area contributed by atoms with Crippen LogP contribution in [0.5, 0.6) is 0 Å². The van der Waals surface area contributed by atoms with Gasteiger partial charge in [0, 0.05) is 28.7 Å². The van der Waals surface area contributed by atoms with Crippen molar-refractivity contribution in [3.8, 4) is 0 Å². The fraction of sp³-hybridized carbons (Fsp3) is 0.364. The molecular weight excluding hydrogens is 392 g/mol. The zero-order valence-corrected chi connectivity index (χ0v) is 17.6. The summed E-state index contributed by atoms with van der Waals surface area (Å²) in [5.74, 6) is 0.231. The number of carbonyl (C=O) groups excluding carboxylic acids is 2. The molecule has 1 fully saturated rings. The molecule has 6 heteroatoms. The Balaban J connectivity index is 1.63. The first kappa shape index (κ1) is 20.7. The van der Waals surface area contributed by atoms with Gasteiger partial charge in [0.05, 0.1) is 11.3 Å². The van der Waals surface area contributed by atoms with Gasteiger partial charge in [-0.2, -0.15) is 0 Å². The van der Waals surface area contributed by atoms with Crippen molar-refractivity contribution < 1.29 is 9.59 Å². The van der Waals surface area contributed by atoms with Gasteiger partial charge in [-0.05, 0) is 43.2 Å². The summed E-state index contributed by atoms with van der Waals surface area (Å²) >= 11 is 7.40. The predicted octanol–water partition coefficient (Wildman–Crippen LogP) is 5.48. The highest BCUT2D eigenvalue weighted by Gasteiger charge is 2.22. The number of nitrogens with zero attached hydrogens (tertiary/aromatic N) is 1. The topological polar surface area (TPSA) is 49.4 Å². The minimum absolute atomic E-state index is 0.113. The van der Waals surface area contributed by atoms with Crippen molar-refractivity contribution in [2.45, 2.75) is 43.0 Å². The van der Waals surface area contributed by atoms with Crippen LogP contribution in [0.1, 0.15) is 42.5 Å². The zero-order valence-electron chi connectivity index (χ0n) is 16.0. The van der Waals surface area contributed by atoms with Crippen molar-refractivity contribution in [1.29, 1.82) is 0 Å². The number of nitrogens with one attached hydrogen (secondary N) is 1. The van der Waals surface area contributed by atoms with Gasteiger partial charge < -0.3 is 10.2 Å². The third-order valence-corrected chi connectivity index (χ3v) is 6.37. The van der Waals surface area contributed by atoms with Gasteiger partial charge in [-0.1, -0.05) is 49.1 Å². The van der Waals surface area contributed by atoms with Crippen LogP contribution in [0.3, 0.4) is 0 Å². The van der Waals surface area contributed by atoms with Gasteiger partial charge in [-0.25, -0.2) is 0 Å². The largest absolute Gasteiger partial charge is 0.342 e. The number of thioether (sulfide) groups is 1. The number of anilines is 1. The highest BCUT2D eigenvalue weighted by atomic mass is 35.5. The maximum atomic E-state index is 12.7. The van der Waals surface area contributed by atoms with Crippen LogP contribution >= 0.6 is 23.4 Å². The van der Waals surface area contributed by atoms with Crippen LogP contribution in [0, 0.1) is 0 Å². The third kappa shape index (κ3) is 5.52. The number of halogens is 1. The molecule has 0 aliphatic heterocycles. The lowest BCUT2D eigenvalue weighted by atomic mass is 9.94. The molecule has 0 unspecified atom stereocenters. The van der Waals surface area contributed by atoms with Crippen LogP contribution in [0.4, 0.5) is 5.69 Å². The predicted molar refractivity (Wildman–Crippen MR) is 116 cm³/mol. The Kier molecular flexibility index (Phi) is 7.40. The number of carbonyl (C=O) groups is 2. The average Bonchev–Trinajstić information content (AvgIpc) is 2.72.